The van der Waals surface area contributed by atoms with E-state index in [0.29, 0.717) is 22.7 Å². The van der Waals surface area contributed by atoms with Crippen molar-refractivity contribution in [1.82, 2.24) is 5.48 Å². The van der Waals surface area contributed by atoms with Gasteiger partial charge in [0.05, 0.1) is 6.61 Å². The first kappa shape index (κ1) is 27.6. The fourth-order valence-corrected chi connectivity index (χ4v) is 3.66. The molecule has 2 amide bonds. The van der Waals surface area contributed by atoms with Crippen LogP contribution in [0.4, 0.5) is 10.5 Å². The van der Waals surface area contributed by atoms with E-state index in [0.717, 1.165) is 11.0 Å². The standard InChI is InChI=1S/C27H28N2O7S/c1-37-23-13-9-20(10-14-23)28-27(32)36-26(19-7-11-21(12-8-19)34-18-17-30)24(15-16-25(31)29-33)35-22-5-3-2-4-6-22/h2-16,24,26,30,33H,17-18H2,1H3,(H,28,32)(H,29,31)/b16-15+/t24-,26-/m1/s1. The zero-order valence-electron chi connectivity index (χ0n) is 20.1. The average Bonchev–Trinajstić information content (AvgIpc) is 2.94. The van der Waals surface area contributed by atoms with Gasteiger partial charge in [-0.05, 0) is 66.4 Å². The molecule has 0 bridgehead atoms. The number of aliphatic hydroxyl groups excluding tert-OH is 1. The van der Waals surface area contributed by atoms with Crippen molar-refractivity contribution < 1.29 is 34.1 Å². The van der Waals surface area contributed by atoms with Crippen LogP contribution in [0.1, 0.15) is 11.7 Å². The lowest BCUT2D eigenvalue weighted by Gasteiger charge is -2.26. The topological polar surface area (TPSA) is 126 Å². The number of nitrogens with one attached hydrogen (secondary N) is 2. The Morgan fingerprint density at radius 3 is 2.30 bits per heavy atom. The largest absolute Gasteiger partial charge is 0.491 e. The van der Waals surface area contributed by atoms with Crippen LogP contribution >= 0.6 is 11.8 Å². The van der Waals surface area contributed by atoms with Crippen LogP contribution in [0, 0.1) is 0 Å². The molecule has 37 heavy (non-hydrogen) atoms. The second kappa shape index (κ2) is 14.5. The van der Waals surface area contributed by atoms with E-state index in [1.807, 2.05) is 24.5 Å². The smallest absolute Gasteiger partial charge is 0.412 e. The van der Waals surface area contributed by atoms with Crippen LogP contribution in [-0.4, -0.2) is 47.9 Å². The summed E-state index contributed by atoms with van der Waals surface area (Å²) in [6, 6.07) is 22.8. The van der Waals surface area contributed by atoms with Gasteiger partial charge in [0.2, 0.25) is 0 Å². The molecule has 3 rings (SSSR count). The van der Waals surface area contributed by atoms with Crippen molar-refractivity contribution in [3.8, 4) is 11.5 Å². The highest BCUT2D eigenvalue weighted by molar-refractivity contribution is 7.98. The Kier molecular flexibility index (Phi) is 10.8. The normalized spacial score (nSPS) is 12.4. The number of rotatable bonds is 12. The number of benzene rings is 3. The molecule has 194 valence electrons. The number of hydrogen-bond donors (Lipinski definition) is 4. The number of carbonyl (C=O) groups excluding carboxylic acids is 2. The minimum Gasteiger partial charge on any atom is -0.491 e. The van der Waals surface area contributed by atoms with Gasteiger partial charge in [-0.3, -0.25) is 15.3 Å². The summed E-state index contributed by atoms with van der Waals surface area (Å²) >= 11 is 1.58. The van der Waals surface area contributed by atoms with Gasteiger partial charge < -0.3 is 19.3 Å². The second-order valence-corrected chi connectivity index (χ2v) is 8.43. The summed E-state index contributed by atoms with van der Waals surface area (Å²) in [5, 5.41) is 20.6. The number of para-hydroxylation sites is 1. The first-order chi connectivity index (χ1) is 18.0. The highest BCUT2D eigenvalue weighted by Gasteiger charge is 2.28. The van der Waals surface area contributed by atoms with E-state index in [1.54, 1.807) is 72.4 Å². The second-order valence-electron chi connectivity index (χ2n) is 7.55. The highest BCUT2D eigenvalue weighted by atomic mass is 32.2. The average molecular weight is 525 g/mol. The van der Waals surface area contributed by atoms with Gasteiger partial charge in [-0.2, -0.15) is 0 Å². The predicted octanol–water partition coefficient (Wildman–Crippen LogP) is 4.58. The summed E-state index contributed by atoms with van der Waals surface area (Å²) in [7, 11) is 0. The molecule has 0 aliphatic carbocycles. The van der Waals surface area contributed by atoms with Crippen molar-refractivity contribution in [3.05, 3.63) is 96.6 Å². The third-order valence-corrected chi connectivity index (χ3v) is 5.74. The maximum Gasteiger partial charge on any atom is 0.412 e. The molecular formula is C27H28N2O7S. The summed E-state index contributed by atoms with van der Waals surface area (Å²) in [6.45, 7) is 0.00600. The van der Waals surface area contributed by atoms with Gasteiger partial charge in [-0.15, -0.1) is 11.8 Å². The van der Waals surface area contributed by atoms with Crippen molar-refractivity contribution in [2.75, 3.05) is 24.8 Å². The molecule has 0 saturated heterocycles. The Morgan fingerprint density at radius 1 is 0.973 bits per heavy atom. The van der Waals surface area contributed by atoms with E-state index >= 15 is 0 Å². The summed E-state index contributed by atoms with van der Waals surface area (Å²) < 4.78 is 17.3. The summed E-state index contributed by atoms with van der Waals surface area (Å²) in [5.41, 5.74) is 2.63. The lowest BCUT2D eigenvalue weighted by molar-refractivity contribution is -0.124. The SMILES string of the molecule is CSc1ccc(NC(=O)O[C@H](c2ccc(OCCO)cc2)[C@@H](/C=C/C(=O)NO)Oc2ccccc2)cc1. The zero-order chi connectivity index (χ0) is 26.5. The van der Waals surface area contributed by atoms with E-state index in [2.05, 4.69) is 5.32 Å². The fourth-order valence-electron chi connectivity index (χ4n) is 3.26. The van der Waals surface area contributed by atoms with Crippen LogP contribution in [-0.2, 0) is 9.53 Å². The van der Waals surface area contributed by atoms with Crippen molar-refractivity contribution in [2.45, 2.75) is 17.1 Å². The van der Waals surface area contributed by atoms with Crippen LogP contribution < -0.4 is 20.3 Å². The monoisotopic (exact) mass is 524 g/mol. The zero-order valence-corrected chi connectivity index (χ0v) is 20.9. The summed E-state index contributed by atoms with van der Waals surface area (Å²) in [6.07, 6.45) is 1.75. The molecule has 0 aliphatic rings. The number of hydroxylamine groups is 1. The Hall–Kier alpha value is -3.99. The Morgan fingerprint density at radius 2 is 1.68 bits per heavy atom. The Labute approximate surface area is 219 Å². The Balaban J connectivity index is 1.91. The van der Waals surface area contributed by atoms with E-state index in [-0.39, 0.29) is 13.2 Å². The number of thioether (sulfide) groups is 1. The van der Waals surface area contributed by atoms with Gasteiger partial charge >= 0.3 is 6.09 Å². The lowest BCUT2D eigenvalue weighted by atomic mass is 10.0. The Bertz CT molecular complexity index is 1160. The van der Waals surface area contributed by atoms with Crippen LogP contribution in [0.15, 0.2) is 95.9 Å². The fraction of sp³-hybridized carbons (Fsp3) is 0.185. The molecule has 10 heteroatoms. The number of ether oxygens (including phenoxy) is 3. The van der Waals surface area contributed by atoms with Gasteiger partial charge in [-0.1, -0.05) is 30.3 Å². The van der Waals surface area contributed by atoms with E-state index < -0.39 is 24.2 Å². The van der Waals surface area contributed by atoms with E-state index in [4.69, 9.17) is 24.5 Å². The number of hydrogen-bond acceptors (Lipinski definition) is 8. The summed E-state index contributed by atoms with van der Waals surface area (Å²) in [5.74, 6) is 0.225. The molecule has 0 spiro atoms. The number of anilines is 1. The molecule has 0 radical (unpaired) electrons. The van der Waals surface area contributed by atoms with Crippen molar-refractivity contribution in [2.24, 2.45) is 0 Å². The number of carbonyl (C=O) groups is 2. The van der Waals surface area contributed by atoms with Gasteiger partial charge in [0.25, 0.3) is 5.91 Å². The van der Waals surface area contributed by atoms with Gasteiger partial charge in [0, 0.05) is 16.7 Å². The van der Waals surface area contributed by atoms with Gasteiger partial charge in [-0.25, -0.2) is 10.3 Å². The molecule has 3 aromatic carbocycles. The van der Waals surface area contributed by atoms with Crippen molar-refractivity contribution >= 4 is 29.4 Å². The van der Waals surface area contributed by atoms with Crippen molar-refractivity contribution in [1.29, 1.82) is 0 Å². The van der Waals surface area contributed by atoms with E-state index in [9.17, 15) is 9.59 Å². The van der Waals surface area contributed by atoms with Crippen molar-refractivity contribution in [3.63, 3.8) is 0 Å². The molecule has 2 atom stereocenters. The molecule has 0 fully saturated rings. The molecule has 0 saturated carbocycles. The minimum absolute atomic E-state index is 0.129. The van der Waals surface area contributed by atoms with E-state index in [1.165, 1.54) is 11.6 Å². The minimum atomic E-state index is -1.000. The van der Waals surface area contributed by atoms with Crippen LogP contribution in [0.5, 0.6) is 11.5 Å². The quantitative estimate of drug-likeness (QED) is 0.117. The third kappa shape index (κ3) is 8.87. The predicted molar refractivity (Wildman–Crippen MR) is 140 cm³/mol. The van der Waals surface area contributed by atoms with Crippen LogP contribution in [0.25, 0.3) is 0 Å². The van der Waals surface area contributed by atoms with Crippen LogP contribution in [0.2, 0.25) is 0 Å². The van der Waals surface area contributed by atoms with Gasteiger partial charge in [0.15, 0.2) is 12.2 Å². The van der Waals surface area contributed by atoms with Gasteiger partial charge in [0.1, 0.15) is 18.1 Å². The highest BCUT2D eigenvalue weighted by Crippen LogP contribution is 2.29. The first-order valence-corrected chi connectivity index (χ1v) is 12.5. The lowest BCUT2D eigenvalue weighted by Crippen LogP contribution is -2.30. The maximum absolute atomic E-state index is 12.9. The molecule has 3 aromatic rings. The molecular weight excluding hydrogens is 496 g/mol. The molecule has 0 heterocycles. The van der Waals surface area contributed by atoms with Crippen LogP contribution in [0.3, 0.4) is 0 Å². The maximum atomic E-state index is 12.9. The molecule has 4 N–H and O–H groups in total. The number of aliphatic hydroxyl groups is 1. The number of amides is 2. The molecule has 0 unspecified atom stereocenters. The molecule has 0 aliphatic heterocycles. The third-order valence-electron chi connectivity index (χ3n) is 5.00. The molecule has 9 nitrogen and oxygen atoms in total. The summed E-state index contributed by atoms with van der Waals surface area (Å²) in [4.78, 5) is 25.7. The first-order valence-electron chi connectivity index (χ1n) is 11.3. The molecule has 0 aromatic heterocycles.